The molecule has 0 aliphatic heterocycles. The van der Waals surface area contributed by atoms with Gasteiger partial charge in [0.1, 0.15) is 9.84 Å². The highest BCUT2D eigenvalue weighted by atomic mass is 32.2. The first-order chi connectivity index (χ1) is 12.3. The lowest BCUT2D eigenvalue weighted by atomic mass is 10.0. The minimum atomic E-state index is -3.17. The Morgan fingerprint density at radius 1 is 1.04 bits per heavy atom. The number of hydrogen-bond donors (Lipinski definition) is 1. The highest BCUT2D eigenvalue weighted by Gasteiger charge is 2.21. The maximum absolute atomic E-state index is 12.0. The zero-order valence-corrected chi connectivity index (χ0v) is 16.5. The van der Waals surface area contributed by atoms with Crippen LogP contribution in [0.4, 0.5) is 0 Å². The van der Waals surface area contributed by atoms with Gasteiger partial charge >= 0.3 is 0 Å². The summed E-state index contributed by atoms with van der Waals surface area (Å²) in [4.78, 5) is 0. The molecule has 2 rings (SSSR count). The lowest BCUT2D eigenvalue weighted by Crippen LogP contribution is -2.30. The molecule has 0 aliphatic carbocycles. The zero-order chi connectivity index (χ0) is 19.2. The van der Waals surface area contributed by atoms with Gasteiger partial charge in [0, 0.05) is 18.3 Å². The Bertz CT molecular complexity index is 806. The third-order valence-electron chi connectivity index (χ3n) is 4.11. The second-order valence-corrected chi connectivity index (χ2v) is 8.47. The molecular formula is C20H27NO4S. The van der Waals surface area contributed by atoms with Crippen molar-refractivity contribution in [3.8, 4) is 11.5 Å². The van der Waals surface area contributed by atoms with Crippen LogP contribution in [0.25, 0.3) is 0 Å². The largest absolute Gasteiger partial charge is 0.493 e. The second-order valence-electron chi connectivity index (χ2n) is 6.29. The molecule has 2 atom stereocenters. The van der Waals surface area contributed by atoms with Crippen molar-refractivity contribution in [2.45, 2.75) is 25.9 Å². The average molecular weight is 378 g/mol. The van der Waals surface area contributed by atoms with Crippen LogP contribution in [0, 0.1) is 0 Å². The summed E-state index contributed by atoms with van der Waals surface area (Å²) in [7, 11) is -1.59. The molecule has 0 bridgehead atoms. The van der Waals surface area contributed by atoms with E-state index in [0.717, 1.165) is 11.1 Å². The van der Waals surface area contributed by atoms with E-state index in [0.29, 0.717) is 18.1 Å². The van der Waals surface area contributed by atoms with Gasteiger partial charge in [0.15, 0.2) is 11.5 Å². The molecule has 0 heterocycles. The number of benzene rings is 2. The van der Waals surface area contributed by atoms with Gasteiger partial charge < -0.3 is 14.8 Å². The molecule has 0 aliphatic rings. The number of sulfone groups is 1. The third kappa shape index (κ3) is 5.75. The molecule has 6 heteroatoms. The molecule has 0 spiro atoms. The number of rotatable bonds is 9. The SMILES string of the molecule is CCOc1cc([C@H](CS(C)(=O)=O)N[C@H](C)c2ccccc2)ccc1OC. The van der Waals surface area contributed by atoms with Crippen LogP contribution in [0.15, 0.2) is 48.5 Å². The van der Waals surface area contributed by atoms with Crippen molar-refractivity contribution in [2.24, 2.45) is 0 Å². The molecule has 0 saturated heterocycles. The van der Waals surface area contributed by atoms with Crippen LogP contribution < -0.4 is 14.8 Å². The Morgan fingerprint density at radius 3 is 2.31 bits per heavy atom. The number of ether oxygens (including phenoxy) is 2. The van der Waals surface area contributed by atoms with Crippen LogP contribution in [0.3, 0.4) is 0 Å². The molecule has 0 amide bonds. The van der Waals surface area contributed by atoms with Crippen LogP contribution in [0.2, 0.25) is 0 Å². The van der Waals surface area contributed by atoms with Crippen molar-refractivity contribution in [3.05, 3.63) is 59.7 Å². The van der Waals surface area contributed by atoms with Gasteiger partial charge in [0.05, 0.1) is 19.5 Å². The van der Waals surface area contributed by atoms with Gasteiger partial charge in [-0.3, -0.25) is 0 Å². The van der Waals surface area contributed by atoms with Crippen LogP contribution in [0.5, 0.6) is 11.5 Å². The summed E-state index contributed by atoms with van der Waals surface area (Å²) in [6.45, 7) is 4.43. The molecule has 5 nitrogen and oxygen atoms in total. The van der Waals surface area contributed by atoms with Crippen molar-refractivity contribution >= 4 is 9.84 Å². The maximum Gasteiger partial charge on any atom is 0.161 e. The van der Waals surface area contributed by atoms with Gasteiger partial charge in [-0.05, 0) is 37.1 Å². The summed E-state index contributed by atoms with van der Waals surface area (Å²) < 4.78 is 34.9. The van der Waals surface area contributed by atoms with Crippen molar-refractivity contribution in [1.29, 1.82) is 0 Å². The van der Waals surface area contributed by atoms with Gasteiger partial charge in [0.25, 0.3) is 0 Å². The fourth-order valence-corrected chi connectivity index (χ4v) is 3.76. The lowest BCUT2D eigenvalue weighted by molar-refractivity contribution is 0.310. The summed E-state index contributed by atoms with van der Waals surface area (Å²) in [5.41, 5.74) is 1.95. The normalized spacial score (nSPS) is 13.8. The molecule has 2 aromatic rings. The summed E-state index contributed by atoms with van der Waals surface area (Å²) in [6, 6.07) is 15.1. The monoisotopic (exact) mass is 377 g/mol. The predicted molar refractivity (Wildman–Crippen MR) is 105 cm³/mol. The molecule has 2 aromatic carbocycles. The van der Waals surface area contributed by atoms with Gasteiger partial charge in [-0.25, -0.2) is 8.42 Å². The molecule has 142 valence electrons. The topological polar surface area (TPSA) is 64.6 Å². The maximum atomic E-state index is 12.0. The van der Waals surface area contributed by atoms with Crippen LogP contribution in [-0.2, 0) is 9.84 Å². The van der Waals surface area contributed by atoms with Crippen molar-refractivity contribution < 1.29 is 17.9 Å². The van der Waals surface area contributed by atoms with Crippen molar-refractivity contribution in [1.82, 2.24) is 5.32 Å². The van der Waals surface area contributed by atoms with E-state index in [9.17, 15) is 8.42 Å². The third-order valence-corrected chi connectivity index (χ3v) is 5.05. The van der Waals surface area contributed by atoms with E-state index in [2.05, 4.69) is 5.32 Å². The molecular weight excluding hydrogens is 350 g/mol. The van der Waals surface area contributed by atoms with Gasteiger partial charge in [0.2, 0.25) is 0 Å². The van der Waals surface area contributed by atoms with Crippen LogP contribution in [0.1, 0.15) is 37.1 Å². The highest BCUT2D eigenvalue weighted by Crippen LogP contribution is 2.31. The summed E-state index contributed by atoms with van der Waals surface area (Å²) >= 11 is 0. The highest BCUT2D eigenvalue weighted by molar-refractivity contribution is 7.90. The summed E-state index contributed by atoms with van der Waals surface area (Å²) in [5.74, 6) is 1.24. The first-order valence-electron chi connectivity index (χ1n) is 8.63. The smallest absolute Gasteiger partial charge is 0.161 e. The Balaban J connectivity index is 2.34. The predicted octanol–water partition coefficient (Wildman–Crippen LogP) is 3.53. The second kappa shape index (κ2) is 9.05. The molecule has 0 aromatic heterocycles. The van der Waals surface area contributed by atoms with E-state index >= 15 is 0 Å². The summed E-state index contributed by atoms with van der Waals surface area (Å²) in [5, 5.41) is 3.44. The minimum Gasteiger partial charge on any atom is -0.493 e. The molecule has 0 unspecified atom stereocenters. The first-order valence-corrected chi connectivity index (χ1v) is 10.7. The molecule has 0 radical (unpaired) electrons. The van der Waals surface area contributed by atoms with E-state index in [1.807, 2.05) is 62.4 Å². The van der Waals surface area contributed by atoms with Crippen molar-refractivity contribution in [3.63, 3.8) is 0 Å². The van der Waals surface area contributed by atoms with Crippen molar-refractivity contribution in [2.75, 3.05) is 25.7 Å². The quantitative estimate of drug-likeness (QED) is 0.724. The van der Waals surface area contributed by atoms with Crippen LogP contribution >= 0.6 is 0 Å². The minimum absolute atomic E-state index is 0.000551. The first kappa shape index (κ1) is 20.3. The van der Waals surface area contributed by atoms with E-state index in [4.69, 9.17) is 9.47 Å². The summed E-state index contributed by atoms with van der Waals surface area (Å²) in [6.07, 6.45) is 1.25. The average Bonchev–Trinajstić information content (AvgIpc) is 2.61. The Morgan fingerprint density at radius 2 is 1.73 bits per heavy atom. The molecule has 26 heavy (non-hydrogen) atoms. The molecule has 0 fully saturated rings. The van der Waals surface area contributed by atoms with Gasteiger partial charge in [-0.2, -0.15) is 0 Å². The number of hydrogen-bond acceptors (Lipinski definition) is 5. The van der Waals surface area contributed by atoms with E-state index < -0.39 is 9.84 Å². The lowest BCUT2D eigenvalue weighted by Gasteiger charge is -2.24. The van der Waals surface area contributed by atoms with Crippen LogP contribution in [-0.4, -0.2) is 34.1 Å². The fourth-order valence-electron chi connectivity index (χ4n) is 2.86. The molecule has 1 N–H and O–H groups in total. The Hall–Kier alpha value is -2.05. The van der Waals surface area contributed by atoms with E-state index in [-0.39, 0.29) is 17.8 Å². The van der Waals surface area contributed by atoms with Gasteiger partial charge in [-0.1, -0.05) is 36.4 Å². The number of nitrogens with one attached hydrogen (secondary N) is 1. The zero-order valence-electron chi connectivity index (χ0n) is 15.7. The number of methoxy groups -OCH3 is 1. The van der Waals surface area contributed by atoms with E-state index in [1.165, 1.54) is 6.26 Å². The Kier molecular flexibility index (Phi) is 7.06. The Labute approximate surface area is 156 Å². The van der Waals surface area contributed by atoms with E-state index in [1.54, 1.807) is 7.11 Å². The van der Waals surface area contributed by atoms with Gasteiger partial charge in [-0.15, -0.1) is 0 Å². The fraction of sp³-hybridized carbons (Fsp3) is 0.400. The molecule has 0 saturated carbocycles. The standard InChI is InChI=1S/C20H27NO4S/c1-5-25-20-13-17(11-12-19(20)24-3)18(14-26(4,22)23)21-15(2)16-9-7-6-8-10-16/h6-13,15,18,21H,5,14H2,1-4H3/t15-,18+/m1/s1.